The molecule has 0 radical (unpaired) electrons. The molecule has 2 aromatic rings. The molecule has 3 rings (SSSR count). The van der Waals surface area contributed by atoms with E-state index in [9.17, 15) is 4.39 Å². The van der Waals surface area contributed by atoms with E-state index in [-0.39, 0.29) is 17.2 Å². The molecule has 2 atom stereocenters. The van der Waals surface area contributed by atoms with Gasteiger partial charge in [0, 0.05) is 31.0 Å². The van der Waals surface area contributed by atoms with Crippen molar-refractivity contribution in [2.24, 2.45) is 0 Å². The number of benzene rings is 1. The SMILES string of the molecule is Cc1nc(CCN[C@H]2CCO[C@@H]2c2ccc(Cl)c(F)c2)cs1. The lowest BCUT2D eigenvalue weighted by molar-refractivity contribution is 0.0986. The summed E-state index contributed by atoms with van der Waals surface area (Å²) in [5, 5.41) is 6.83. The van der Waals surface area contributed by atoms with Gasteiger partial charge in [0.15, 0.2) is 0 Å². The molecule has 1 N–H and O–H groups in total. The van der Waals surface area contributed by atoms with Crippen LogP contribution in [0.5, 0.6) is 0 Å². The summed E-state index contributed by atoms with van der Waals surface area (Å²) < 4.78 is 19.4. The average molecular weight is 341 g/mol. The largest absolute Gasteiger partial charge is 0.372 e. The molecule has 1 aliphatic heterocycles. The van der Waals surface area contributed by atoms with E-state index in [1.54, 1.807) is 17.4 Å². The van der Waals surface area contributed by atoms with Crippen molar-refractivity contribution < 1.29 is 9.13 Å². The molecule has 1 aromatic carbocycles. The van der Waals surface area contributed by atoms with Crippen LogP contribution in [-0.2, 0) is 11.2 Å². The van der Waals surface area contributed by atoms with E-state index >= 15 is 0 Å². The molecular formula is C16H18ClFN2OS. The first kappa shape index (κ1) is 15.9. The molecule has 0 bridgehead atoms. The smallest absolute Gasteiger partial charge is 0.142 e. The lowest BCUT2D eigenvalue weighted by atomic mass is 10.0. The average Bonchev–Trinajstić information content (AvgIpc) is 3.11. The minimum absolute atomic E-state index is 0.121. The van der Waals surface area contributed by atoms with Gasteiger partial charge in [-0.1, -0.05) is 17.7 Å². The summed E-state index contributed by atoms with van der Waals surface area (Å²) >= 11 is 7.41. The Bertz CT molecular complexity index is 649. The summed E-state index contributed by atoms with van der Waals surface area (Å²) in [6, 6.07) is 5.08. The van der Waals surface area contributed by atoms with Crippen LogP contribution >= 0.6 is 22.9 Å². The van der Waals surface area contributed by atoms with Gasteiger partial charge < -0.3 is 10.1 Å². The number of hydrogen-bond acceptors (Lipinski definition) is 4. The maximum Gasteiger partial charge on any atom is 0.142 e. The first-order valence-corrected chi connectivity index (χ1v) is 8.60. The number of halogens is 2. The summed E-state index contributed by atoms with van der Waals surface area (Å²) in [6.07, 6.45) is 1.69. The third-order valence-corrected chi connectivity index (χ3v) is 4.95. The molecule has 3 nitrogen and oxygen atoms in total. The van der Waals surface area contributed by atoms with Crippen LogP contribution in [0.3, 0.4) is 0 Å². The Labute approximate surface area is 138 Å². The highest BCUT2D eigenvalue weighted by Crippen LogP contribution is 2.31. The van der Waals surface area contributed by atoms with Crippen LogP contribution < -0.4 is 5.32 Å². The first-order chi connectivity index (χ1) is 10.6. The highest BCUT2D eigenvalue weighted by molar-refractivity contribution is 7.09. The van der Waals surface area contributed by atoms with Crippen molar-refractivity contribution in [1.29, 1.82) is 0 Å². The molecule has 22 heavy (non-hydrogen) atoms. The second-order valence-corrected chi connectivity index (χ2v) is 6.89. The lowest BCUT2D eigenvalue weighted by Gasteiger charge is -2.20. The maximum absolute atomic E-state index is 13.6. The monoisotopic (exact) mass is 340 g/mol. The van der Waals surface area contributed by atoms with E-state index in [0.29, 0.717) is 6.61 Å². The molecular weight excluding hydrogens is 323 g/mol. The number of hydrogen-bond donors (Lipinski definition) is 1. The van der Waals surface area contributed by atoms with Gasteiger partial charge in [-0.2, -0.15) is 0 Å². The van der Waals surface area contributed by atoms with Gasteiger partial charge in [-0.15, -0.1) is 11.3 Å². The van der Waals surface area contributed by atoms with Crippen LogP contribution in [0.1, 0.15) is 28.8 Å². The van der Waals surface area contributed by atoms with E-state index < -0.39 is 5.82 Å². The van der Waals surface area contributed by atoms with Gasteiger partial charge in [0.05, 0.1) is 21.8 Å². The van der Waals surface area contributed by atoms with Crippen LogP contribution in [0.15, 0.2) is 23.6 Å². The first-order valence-electron chi connectivity index (χ1n) is 7.34. The number of nitrogens with one attached hydrogen (secondary N) is 1. The molecule has 6 heteroatoms. The fourth-order valence-electron chi connectivity index (χ4n) is 2.73. The topological polar surface area (TPSA) is 34.2 Å². The summed E-state index contributed by atoms with van der Waals surface area (Å²) in [5.41, 5.74) is 1.95. The van der Waals surface area contributed by atoms with E-state index in [2.05, 4.69) is 15.7 Å². The van der Waals surface area contributed by atoms with Gasteiger partial charge in [-0.05, 0) is 31.0 Å². The standard InChI is InChI=1S/C16H18ClFN2OS/c1-10-20-12(9-22-10)4-6-19-15-5-7-21-16(15)11-2-3-13(17)14(18)8-11/h2-3,8-9,15-16,19H,4-7H2,1H3/t15-,16+/m0/s1. The lowest BCUT2D eigenvalue weighted by Crippen LogP contribution is -2.33. The molecule has 0 spiro atoms. The summed E-state index contributed by atoms with van der Waals surface area (Å²) in [7, 11) is 0. The third kappa shape index (κ3) is 3.66. The molecule has 1 fully saturated rings. The second-order valence-electron chi connectivity index (χ2n) is 5.42. The molecule has 1 aliphatic rings. The Morgan fingerprint density at radius 1 is 1.50 bits per heavy atom. The Morgan fingerprint density at radius 2 is 2.36 bits per heavy atom. The van der Waals surface area contributed by atoms with Crippen LogP contribution in [0.4, 0.5) is 4.39 Å². The number of ether oxygens (including phenoxy) is 1. The van der Waals surface area contributed by atoms with E-state index in [1.165, 1.54) is 6.07 Å². The predicted octanol–water partition coefficient (Wildman–Crippen LogP) is 3.91. The quantitative estimate of drug-likeness (QED) is 0.896. The number of nitrogens with zero attached hydrogens (tertiary/aromatic N) is 1. The van der Waals surface area contributed by atoms with Crippen LogP contribution in [0.25, 0.3) is 0 Å². The van der Waals surface area contributed by atoms with Gasteiger partial charge in [0.1, 0.15) is 5.82 Å². The molecule has 0 saturated carbocycles. The van der Waals surface area contributed by atoms with Crippen molar-refractivity contribution in [3.63, 3.8) is 0 Å². The fraction of sp³-hybridized carbons (Fsp3) is 0.438. The summed E-state index contributed by atoms with van der Waals surface area (Å²) in [5.74, 6) is -0.397. The fourth-order valence-corrected chi connectivity index (χ4v) is 3.49. The van der Waals surface area contributed by atoms with Crippen molar-refractivity contribution in [2.45, 2.75) is 31.9 Å². The number of aromatic nitrogens is 1. The number of rotatable bonds is 5. The van der Waals surface area contributed by atoms with Crippen LogP contribution in [0, 0.1) is 12.7 Å². The molecule has 0 amide bonds. The zero-order chi connectivity index (χ0) is 15.5. The third-order valence-electron chi connectivity index (χ3n) is 3.82. The van der Waals surface area contributed by atoms with E-state index in [1.807, 2.05) is 13.0 Å². The predicted molar refractivity (Wildman–Crippen MR) is 87.1 cm³/mol. The van der Waals surface area contributed by atoms with E-state index in [4.69, 9.17) is 16.3 Å². The zero-order valence-electron chi connectivity index (χ0n) is 12.3. The number of aryl methyl sites for hydroxylation is 1. The molecule has 2 heterocycles. The van der Waals surface area contributed by atoms with E-state index in [0.717, 1.165) is 35.7 Å². The highest BCUT2D eigenvalue weighted by atomic mass is 35.5. The minimum Gasteiger partial charge on any atom is -0.372 e. The minimum atomic E-state index is -0.397. The Balaban J connectivity index is 1.59. The van der Waals surface area contributed by atoms with Crippen molar-refractivity contribution in [2.75, 3.05) is 13.2 Å². The van der Waals surface area contributed by atoms with Crippen molar-refractivity contribution in [3.8, 4) is 0 Å². The van der Waals surface area contributed by atoms with Gasteiger partial charge in [-0.3, -0.25) is 0 Å². The number of thiazole rings is 1. The molecule has 1 aromatic heterocycles. The van der Waals surface area contributed by atoms with Crippen molar-refractivity contribution in [3.05, 3.63) is 50.7 Å². The van der Waals surface area contributed by atoms with Gasteiger partial charge in [0.2, 0.25) is 0 Å². The van der Waals surface area contributed by atoms with Crippen LogP contribution in [0.2, 0.25) is 5.02 Å². The Morgan fingerprint density at radius 3 is 3.09 bits per heavy atom. The van der Waals surface area contributed by atoms with Gasteiger partial charge >= 0.3 is 0 Å². The Kier molecular flexibility index (Phi) is 5.08. The van der Waals surface area contributed by atoms with Crippen molar-refractivity contribution >= 4 is 22.9 Å². The van der Waals surface area contributed by atoms with Crippen molar-refractivity contribution in [1.82, 2.24) is 10.3 Å². The molecule has 0 aliphatic carbocycles. The summed E-state index contributed by atoms with van der Waals surface area (Å²) in [6.45, 7) is 3.53. The zero-order valence-corrected chi connectivity index (χ0v) is 13.9. The van der Waals surface area contributed by atoms with Crippen LogP contribution in [-0.4, -0.2) is 24.2 Å². The van der Waals surface area contributed by atoms with Gasteiger partial charge in [-0.25, -0.2) is 9.37 Å². The Hall–Kier alpha value is -1.01. The van der Waals surface area contributed by atoms with Gasteiger partial charge in [0.25, 0.3) is 0 Å². The molecule has 0 unspecified atom stereocenters. The maximum atomic E-state index is 13.6. The second kappa shape index (κ2) is 7.04. The molecule has 1 saturated heterocycles. The highest BCUT2D eigenvalue weighted by Gasteiger charge is 2.29. The normalized spacial score (nSPS) is 21.4. The summed E-state index contributed by atoms with van der Waals surface area (Å²) in [4.78, 5) is 4.46. The molecule has 118 valence electrons.